The summed E-state index contributed by atoms with van der Waals surface area (Å²) in [4.78, 5) is 17.0. The Balaban J connectivity index is 1.72. The van der Waals surface area contributed by atoms with Crippen molar-refractivity contribution in [2.24, 2.45) is 0 Å². The number of carbonyl (C=O) groups is 1. The van der Waals surface area contributed by atoms with E-state index in [0.717, 1.165) is 23.2 Å². The normalized spacial score (nSPS) is 11.3. The topological polar surface area (TPSA) is 65.8 Å². The number of anilines is 1. The molecule has 1 amide bonds. The fraction of sp³-hybridized carbons (Fsp3) is 0.208. The van der Waals surface area contributed by atoms with E-state index in [4.69, 9.17) is 0 Å². The van der Waals surface area contributed by atoms with E-state index in [2.05, 4.69) is 43.2 Å². The Morgan fingerprint density at radius 2 is 1.86 bits per heavy atom. The maximum atomic E-state index is 12.5. The first-order valence-corrected chi connectivity index (χ1v) is 10.5. The standard InChI is InChI=1S/C24H23N3OS/c1-4-17-5-11-20(12-6-17)22-15-29-24(26-22)27-23(28)21(14-25)13-18-7-9-19(10-8-18)16(2)3/h5-13,15-16H,4H2,1-3H3,(H,26,27,28)/b21-13+. The molecule has 0 aliphatic rings. The molecule has 0 aliphatic heterocycles. The molecular weight excluding hydrogens is 378 g/mol. The van der Waals surface area contributed by atoms with E-state index in [0.29, 0.717) is 11.0 Å². The first-order valence-electron chi connectivity index (χ1n) is 9.58. The summed E-state index contributed by atoms with van der Waals surface area (Å²) in [5, 5.41) is 14.5. The summed E-state index contributed by atoms with van der Waals surface area (Å²) in [7, 11) is 0. The minimum absolute atomic E-state index is 0.0475. The summed E-state index contributed by atoms with van der Waals surface area (Å²) >= 11 is 1.34. The molecule has 0 fully saturated rings. The smallest absolute Gasteiger partial charge is 0.268 e. The van der Waals surface area contributed by atoms with Crippen molar-refractivity contribution >= 4 is 28.5 Å². The van der Waals surface area contributed by atoms with Crippen LogP contribution in [0.4, 0.5) is 5.13 Å². The van der Waals surface area contributed by atoms with Crippen molar-refractivity contribution in [2.75, 3.05) is 5.32 Å². The van der Waals surface area contributed by atoms with Gasteiger partial charge in [-0.05, 0) is 35.1 Å². The molecule has 2 aromatic carbocycles. The largest absolute Gasteiger partial charge is 0.297 e. The molecule has 1 heterocycles. The second-order valence-corrected chi connectivity index (χ2v) is 7.89. The van der Waals surface area contributed by atoms with Crippen LogP contribution in [-0.2, 0) is 11.2 Å². The SMILES string of the molecule is CCc1ccc(-c2csc(NC(=O)/C(C#N)=C/c3ccc(C(C)C)cc3)n2)cc1. The molecule has 0 unspecified atom stereocenters. The lowest BCUT2D eigenvalue weighted by molar-refractivity contribution is -0.112. The predicted molar refractivity (Wildman–Crippen MR) is 120 cm³/mol. The molecule has 3 aromatic rings. The third-order valence-electron chi connectivity index (χ3n) is 4.66. The zero-order valence-corrected chi connectivity index (χ0v) is 17.6. The first kappa shape index (κ1) is 20.5. The second-order valence-electron chi connectivity index (χ2n) is 7.03. The molecule has 0 bridgehead atoms. The van der Waals surface area contributed by atoms with Gasteiger partial charge in [0.15, 0.2) is 5.13 Å². The van der Waals surface area contributed by atoms with Crippen LogP contribution in [0.15, 0.2) is 59.5 Å². The Bertz CT molecular complexity index is 1050. The Hall–Kier alpha value is -3.23. The highest BCUT2D eigenvalue weighted by molar-refractivity contribution is 7.14. The molecule has 3 rings (SSSR count). The molecule has 4 nitrogen and oxygen atoms in total. The number of nitrogens with one attached hydrogen (secondary N) is 1. The van der Waals surface area contributed by atoms with Crippen molar-refractivity contribution in [1.82, 2.24) is 4.98 Å². The Morgan fingerprint density at radius 3 is 2.45 bits per heavy atom. The lowest BCUT2D eigenvalue weighted by Gasteiger charge is -2.05. The zero-order valence-electron chi connectivity index (χ0n) is 16.8. The van der Waals surface area contributed by atoms with Crippen molar-refractivity contribution < 1.29 is 4.79 Å². The number of aromatic nitrogens is 1. The van der Waals surface area contributed by atoms with Gasteiger partial charge >= 0.3 is 0 Å². The van der Waals surface area contributed by atoms with Crippen molar-refractivity contribution in [3.63, 3.8) is 0 Å². The van der Waals surface area contributed by atoms with Crippen molar-refractivity contribution in [1.29, 1.82) is 5.26 Å². The molecule has 5 heteroatoms. The van der Waals surface area contributed by atoms with Gasteiger partial charge in [0.2, 0.25) is 0 Å². The highest BCUT2D eigenvalue weighted by Crippen LogP contribution is 2.26. The summed E-state index contributed by atoms with van der Waals surface area (Å²) in [6.45, 7) is 6.36. The molecule has 0 saturated carbocycles. The fourth-order valence-electron chi connectivity index (χ4n) is 2.83. The molecule has 146 valence electrons. The summed E-state index contributed by atoms with van der Waals surface area (Å²) in [5.41, 5.74) is 5.15. The van der Waals surface area contributed by atoms with Gasteiger partial charge in [0.05, 0.1) is 5.69 Å². The Kier molecular flexibility index (Phi) is 6.58. The van der Waals surface area contributed by atoms with Crippen LogP contribution in [0.2, 0.25) is 0 Å². The molecule has 0 aliphatic carbocycles. The Morgan fingerprint density at radius 1 is 1.17 bits per heavy atom. The van der Waals surface area contributed by atoms with Gasteiger partial charge in [-0.3, -0.25) is 10.1 Å². The first-order chi connectivity index (χ1) is 14.0. The monoisotopic (exact) mass is 401 g/mol. The van der Waals surface area contributed by atoms with Gasteiger partial charge in [0, 0.05) is 10.9 Å². The molecule has 0 saturated heterocycles. The van der Waals surface area contributed by atoms with Crippen LogP contribution < -0.4 is 5.32 Å². The highest BCUT2D eigenvalue weighted by atomic mass is 32.1. The van der Waals surface area contributed by atoms with Gasteiger partial charge in [-0.25, -0.2) is 4.98 Å². The molecule has 1 N–H and O–H groups in total. The van der Waals surface area contributed by atoms with Crippen LogP contribution in [0, 0.1) is 11.3 Å². The molecule has 29 heavy (non-hydrogen) atoms. The van der Waals surface area contributed by atoms with Crippen molar-refractivity contribution in [3.05, 3.63) is 76.2 Å². The van der Waals surface area contributed by atoms with E-state index >= 15 is 0 Å². The second kappa shape index (κ2) is 9.31. The quantitative estimate of drug-likeness (QED) is 0.404. The lowest BCUT2D eigenvalue weighted by atomic mass is 10.0. The number of benzene rings is 2. The third kappa shape index (κ3) is 5.18. The predicted octanol–water partition coefficient (Wildman–Crippen LogP) is 6.04. The number of thiazole rings is 1. The van der Waals surface area contributed by atoms with Crippen molar-refractivity contribution in [3.8, 4) is 17.3 Å². The fourth-order valence-corrected chi connectivity index (χ4v) is 3.55. The third-order valence-corrected chi connectivity index (χ3v) is 5.42. The summed E-state index contributed by atoms with van der Waals surface area (Å²) < 4.78 is 0. The summed E-state index contributed by atoms with van der Waals surface area (Å²) in [6, 6.07) is 18.1. The average molecular weight is 402 g/mol. The van der Waals surface area contributed by atoms with Crippen LogP contribution in [0.3, 0.4) is 0 Å². The van der Waals surface area contributed by atoms with Gasteiger partial charge in [-0.1, -0.05) is 69.3 Å². The lowest BCUT2D eigenvalue weighted by Crippen LogP contribution is -2.13. The van der Waals surface area contributed by atoms with E-state index in [1.54, 1.807) is 6.08 Å². The number of rotatable bonds is 6. The number of aryl methyl sites for hydroxylation is 1. The van der Waals surface area contributed by atoms with E-state index in [9.17, 15) is 10.1 Å². The minimum atomic E-state index is -0.456. The van der Waals surface area contributed by atoms with Gasteiger partial charge in [-0.2, -0.15) is 5.26 Å². The van der Waals surface area contributed by atoms with Crippen LogP contribution >= 0.6 is 11.3 Å². The summed E-state index contributed by atoms with van der Waals surface area (Å²) in [6.07, 6.45) is 2.58. The number of nitriles is 1. The van der Waals surface area contributed by atoms with Crippen LogP contribution in [0.1, 0.15) is 43.4 Å². The molecule has 1 aromatic heterocycles. The van der Waals surface area contributed by atoms with Crippen molar-refractivity contribution in [2.45, 2.75) is 33.1 Å². The van der Waals surface area contributed by atoms with Crippen LogP contribution in [0.5, 0.6) is 0 Å². The van der Waals surface area contributed by atoms with Gasteiger partial charge in [0.1, 0.15) is 11.6 Å². The number of nitrogens with zero attached hydrogens (tertiary/aromatic N) is 2. The maximum Gasteiger partial charge on any atom is 0.268 e. The van der Waals surface area contributed by atoms with E-state index in [1.807, 2.05) is 47.8 Å². The number of carbonyl (C=O) groups excluding carboxylic acids is 1. The number of amides is 1. The Labute approximate surface area is 175 Å². The molecule has 0 atom stereocenters. The molecular formula is C24H23N3OS. The zero-order chi connectivity index (χ0) is 20.8. The highest BCUT2D eigenvalue weighted by Gasteiger charge is 2.13. The number of hydrogen-bond donors (Lipinski definition) is 1. The minimum Gasteiger partial charge on any atom is -0.297 e. The maximum absolute atomic E-state index is 12.5. The number of hydrogen-bond acceptors (Lipinski definition) is 4. The molecule has 0 spiro atoms. The van der Waals surface area contributed by atoms with Crippen LogP contribution in [0.25, 0.3) is 17.3 Å². The van der Waals surface area contributed by atoms with Gasteiger partial charge < -0.3 is 0 Å². The van der Waals surface area contributed by atoms with Gasteiger partial charge in [-0.15, -0.1) is 11.3 Å². The van der Waals surface area contributed by atoms with Gasteiger partial charge in [0.25, 0.3) is 5.91 Å². The van der Waals surface area contributed by atoms with E-state index < -0.39 is 5.91 Å². The summed E-state index contributed by atoms with van der Waals surface area (Å²) in [5.74, 6) is -0.0216. The van der Waals surface area contributed by atoms with Crippen LogP contribution in [-0.4, -0.2) is 10.9 Å². The average Bonchev–Trinajstić information content (AvgIpc) is 3.20. The van der Waals surface area contributed by atoms with E-state index in [-0.39, 0.29) is 5.57 Å². The molecule has 0 radical (unpaired) electrons. The van der Waals surface area contributed by atoms with E-state index in [1.165, 1.54) is 22.5 Å².